The van der Waals surface area contributed by atoms with Crippen molar-refractivity contribution in [3.63, 3.8) is 0 Å². The third kappa shape index (κ3) is 5.38. The maximum absolute atomic E-state index is 13.0. The molecular weight excluding hydrogens is 419 g/mol. The van der Waals surface area contributed by atoms with E-state index in [1.807, 2.05) is 48.5 Å². The molecule has 1 aromatic heterocycles. The van der Waals surface area contributed by atoms with Gasteiger partial charge in [0.05, 0.1) is 11.7 Å². The van der Waals surface area contributed by atoms with Gasteiger partial charge < -0.3 is 4.84 Å². The van der Waals surface area contributed by atoms with Crippen LogP contribution in [0.1, 0.15) is 16.7 Å². The highest BCUT2D eigenvalue weighted by molar-refractivity contribution is 7.98. The van der Waals surface area contributed by atoms with Crippen LogP contribution in [0.15, 0.2) is 89.0 Å². The van der Waals surface area contributed by atoms with E-state index in [9.17, 15) is 4.39 Å². The number of oxime groups is 1. The average molecular weight is 437 g/mol. The number of hydrogen-bond donors (Lipinski definition) is 0. The van der Waals surface area contributed by atoms with Gasteiger partial charge in [0.1, 0.15) is 17.5 Å². The van der Waals surface area contributed by atoms with Crippen molar-refractivity contribution >= 4 is 40.5 Å². The predicted molar refractivity (Wildman–Crippen MR) is 122 cm³/mol. The molecular formula is C24H18ClFN2OS. The number of fused-ring (bicyclic) bond motifs is 1. The van der Waals surface area contributed by atoms with E-state index in [1.54, 1.807) is 30.1 Å². The van der Waals surface area contributed by atoms with Crippen molar-refractivity contribution in [1.82, 2.24) is 4.98 Å². The molecule has 30 heavy (non-hydrogen) atoms. The molecule has 0 N–H and O–H groups in total. The van der Waals surface area contributed by atoms with E-state index in [2.05, 4.69) is 11.2 Å². The first kappa shape index (κ1) is 20.4. The topological polar surface area (TPSA) is 34.5 Å². The molecule has 0 fully saturated rings. The van der Waals surface area contributed by atoms with Gasteiger partial charge in [-0.1, -0.05) is 59.2 Å². The minimum absolute atomic E-state index is 0.269. The fraction of sp³-hybridized carbons (Fsp3) is 0.0833. The maximum Gasteiger partial charge on any atom is 0.142 e. The van der Waals surface area contributed by atoms with Crippen LogP contribution in [0.3, 0.4) is 0 Å². The number of benzene rings is 3. The molecule has 0 aliphatic carbocycles. The monoisotopic (exact) mass is 436 g/mol. The van der Waals surface area contributed by atoms with Gasteiger partial charge in [0.25, 0.3) is 0 Å². The molecule has 0 saturated heterocycles. The van der Waals surface area contributed by atoms with Crippen LogP contribution in [0.4, 0.5) is 4.39 Å². The Kier molecular flexibility index (Phi) is 6.62. The summed E-state index contributed by atoms with van der Waals surface area (Å²) in [6.45, 7) is 0.269. The summed E-state index contributed by atoms with van der Waals surface area (Å²) in [5, 5.41) is 6.73. The second kappa shape index (κ2) is 9.74. The molecule has 150 valence electrons. The Hall–Kier alpha value is -2.89. The number of pyridine rings is 1. The Morgan fingerprint density at radius 3 is 2.50 bits per heavy atom. The highest BCUT2D eigenvalue weighted by atomic mass is 35.5. The standard InChI is InChI=1S/C24H18ClFN2OS/c25-21-9-5-18(6-10-21)16-30-24-20(13-19-3-1-2-4-23(19)28-24)14-27-29-15-17-7-11-22(26)12-8-17/h1-14H,15-16H2. The van der Waals surface area contributed by atoms with Crippen LogP contribution in [-0.2, 0) is 17.2 Å². The minimum atomic E-state index is -0.271. The number of nitrogens with zero attached hydrogens (tertiary/aromatic N) is 2. The van der Waals surface area contributed by atoms with Crippen LogP contribution < -0.4 is 0 Å². The average Bonchev–Trinajstić information content (AvgIpc) is 2.77. The fourth-order valence-corrected chi connectivity index (χ4v) is 3.90. The van der Waals surface area contributed by atoms with E-state index < -0.39 is 0 Å². The Morgan fingerprint density at radius 2 is 1.70 bits per heavy atom. The summed E-state index contributed by atoms with van der Waals surface area (Å²) in [5.41, 5.74) is 3.82. The minimum Gasteiger partial charge on any atom is -0.391 e. The van der Waals surface area contributed by atoms with Crippen LogP contribution in [0.5, 0.6) is 0 Å². The zero-order valence-electron chi connectivity index (χ0n) is 16.0. The highest BCUT2D eigenvalue weighted by Crippen LogP contribution is 2.27. The number of thioether (sulfide) groups is 1. The number of para-hydroxylation sites is 1. The van der Waals surface area contributed by atoms with Gasteiger partial charge >= 0.3 is 0 Å². The Balaban J connectivity index is 1.51. The molecule has 4 aromatic rings. The molecule has 0 amide bonds. The molecule has 0 aliphatic rings. The smallest absolute Gasteiger partial charge is 0.142 e. The summed E-state index contributed by atoms with van der Waals surface area (Å²) in [5.74, 6) is 0.492. The lowest BCUT2D eigenvalue weighted by molar-refractivity contribution is 0.132. The molecule has 0 saturated carbocycles. The highest BCUT2D eigenvalue weighted by Gasteiger charge is 2.07. The van der Waals surface area contributed by atoms with E-state index >= 15 is 0 Å². The summed E-state index contributed by atoms with van der Waals surface area (Å²) >= 11 is 7.61. The maximum atomic E-state index is 13.0. The van der Waals surface area contributed by atoms with E-state index in [-0.39, 0.29) is 12.4 Å². The SMILES string of the molecule is Fc1ccc(CON=Cc2cc3ccccc3nc2SCc2ccc(Cl)cc2)cc1. The lowest BCUT2D eigenvalue weighted by atomic mass is 10.2. The normalized spacial score (nSPS) is 11.3. The van der Waals surface area contributed by atoms with Crippen molar-refractivity contribution in [3.8, 4) is 0 Å². The van der Waals surface area contributed by atoms with Gasteiger partial charge in [0, 0.05) is 21.7 Å². The van der Waals surface area contributed by atoms with Crippen LogP contribution in [0.2, 0.25) is 5.02 Å². The number of hydrogen-bond acceptors (Lipinski definition) is 4. The van der Waals surface area contributed by atoms with Crippen molar-refractivity contribution in [1.29, 1.82) is 0 Å². The summed E-state index contributed by atoms with van der Waals surface area (Å²) in [7, 11) is 0. The van der Waals surface area contributed by atoms with E-state index in [4.69, 9.17) is 21.4 Å². The van der Waals surface area contributed by atoms with Crippen LogP contribution in [-0.4, -0.2) is 11.2 Å². The van der Waals surface area contributed by atoms with E-state index in [1.165, 1.54) is 12.1 Å². The first-order valence-electron chi connectivity index (χ1n) is 9.34. The molecule has 3 nitrogen and oxygen atoms in total. The van der Waals surface area contributed by atoms with Crippen molar-refractivity contribution in [2.75, 3.05) is 0 Å². The van der Waals surface area contributed by atoms with Crippen LogP contribution in [0, 0.1) is 5.82 Å². The summed E-state index contributed by atoms with van der Waals surface area (Å²) in [6.07, 6.45) is 1.67. The van der Waals surface area contributed by atoms with Gasteiger partial charge in [-0.2, -0.15) is 0 Å². The third-order valence-corrected chi connectivity index (χ3v) is 5.75. The largest absolute Gasteiger partial charge is 0.391 e. The fourth-order valence-electron chi connectivity index (χ4n) is 2.84. The van der Waals surface area contributed by atoms with Gasteiger partial charge in [-0.25, -0.2) is 9.37 Å². The Bertz CT molecular complexity index is 1160. The summed E-state index contributed by atoms with van der Waals surface area (Å²) in [4.78, 5) is 10.2. The van der Waals surface area contributed by atoms with E-state index in [0.717, 1.165) is 43.4 Å². The quantitative estimate of drug-likeness (QED) is 0.180. The number of halogens is 2. The van der Waals surface area contributed by atoms with Gasteiger partial charge in [-0.05, 0) is 47.5 Å². The van der Waals surface area contributed by atoms with Crippen molar-refractivity contribution in [2.45, 2.75) is 17.4 Å². The first-order valence-corrected chi connectivity index (χ1v) is 10.7. The second-order valence-electron chi connectivity index (χ2n) is 6.63. The lowest BCUT2D eigenvalue weighted by Gasteiger charge is -2.08. The van der Waals surface area contributed by atoms with Gasteiger partial charge in [-0.15, -0.1) is 11.8 Å². The molecule has 0 spiro atoms. The Labute approximate surface area is 183 Å². The zero-order chi connectivity index (χ0) is 20.8. The molecule has 6 heteroatoms. The molecule has 3 aromatic carbocycles. The Morgan fingerprint density at radius 1 is 0.967 bits per heavy atom. The van der Waals surface area contributed by atoms with Gasteiger partial charge in [-0.3, -0.25) is 0 Å². The first-order chi connectivity index (χ1) is 14.7. The number of aromatic nitrogens is 1. The lowest BCUT2D eigenvalue weighted by Crippen LogP contribution is -1.94. The molecule has 0 aliphatic heterocycles. The molecule has 0 unspecified atom stereocenters. The third-order valence-electron chi connectivity index (χ3n) is 4.42. The van der Waals surface area contributed by atoms with E-state index in [0.29, 0.717) is 0 Å². The molecule has 0 atom stereocenters. The molecule has 4 rings (SSSR count). The summed E-state index contributed by atoms with van der Waals surface area (Å²) < 4.78 is 13.0. The van der Waals surface area contributed by atoms with Crippen molar-refractivity contribution in [2.24, 2.45) is 5.16 Å². The van der Waals surface area contributed by atoms with Crippen molar-refractivity contribution in [3.05, 3.63) is 106 Å². The molecule has 0 radical (unpaired) electrons. The number of rotatable bonds is 7. The van der Waals surface area contributed by atoms with Crippen LogP contribution in [0.25, 0.3) is 10.9 Å². The second-order valence-corrected chi connectivity index (χ2v) is 8.03. The molecule has 0 bridgehead atoms. The van der Waals surface area contributed by atoms with Crippen molar-refractivity contribution < 1.29 is 9.23 Å². The van der Waals surface area contributed by atoms with Gasteiger partial charge in [0.2, 0.25) is 0 Å². The van der Waals surface area contributed by atoms with Crippen LogP contribution >= 0.6 is 23.4 Å². The zero-order valence-corrected chi connectivity index (χ0v) is 17.5. The summed E-state index contributed by atoms with van der Waals surface area (Å²) in [6, 6.07) is 24.0. The predicted octanol–water partition coefficient (Wildman–Crippen LogP) is 6.87. The molecule has 1 heterocycles. The van der Waals surface area contributed by atoms with Gasteiger partial charge in [0.15, 0.2) is 0 Å².